The second-order valence-corrected chi connectivity index (χ2v) is 4.64. The molecule has 0 spiro atoms. The standard InChI is InChI=1S/C14H21NO4/c1-9(16)8-13(14(17)18)15-10(2)11-4-6-12(19-3)7-5-11/h4-7,9-10,13,15-16H,8H2,1-3H3,(H,17,18). The zero-order valence-electron chi connectivity index (χ0n) is 11.5. The smallest absolute Gasteiger partial charge is 0.320 e. The van der Waals surface area contributed by atoms with Gasteiger partial charge in [-0.15, -0.1) is 0 Å². The number of benzene rings is 1. The molecule has 0 aliphatic carbocycles. The van der Waals surface area contributed by atoms with E-state index < -0.39 is 18.1 Å². The summed E-state index contributed by atoms with van der Waals surface area (Å²) >= 11 is 0. The Morgan fingerprint density at radius 1 is 1.32 bits per heavy atom. The average molecular weight is 267 g/mol. The lowest BCUT2D eigenvalue weighted by Crippen LogP contribution is -2.40. The van der Waals surface area contributed by atoms with Crippen LogP contribution in [0.15, 0.2) is 24.3 Å². The maximum Gasteiger partial charge on any atom is 0.320 e. The van der Waals surface area contributed by atoms with Crippen molar-refractivity contribution < 1.29 is 19.7 Å². The van der Waals surface area contributed by atoms with Gasteiger partial charge in [-0.25, -0.2) is 0 Å². The van der Waals surface area contributed by atoms with E-state index in [1.807, 2.05) is 31.2 Å². The van der Waals surface area contributed by atoms with Crippen molar-refractivity contribution in [2.24, 2.45) is 0 Å². The Labute approximate surface area is 113 Å². The quantitative estimate of drug-likeness (QED) is 0.699. The number of carboxylic acid groups (broad SMARTS) is 1. The lowest BCUT2D eigenvalue weighted by molar-refractivity contribution is -0.140. The SMILES string of the molecule is COc1ccc(C(C)NC(CC(C)O)C(=O)O)cc1. The van der Waals surface area contributed by atoms with E-state index >= 15 is 0 Å². The first kappa shape index (κ1) is 15.5. The van der Waals surface area contributed by atoms with Gasteiger partial charge in [0.25, 0.3) is 0 Å². The van der Waals surface area contributed by atoms with Crippen molar-refractivity contribution in [2.75, 3.05) is 7.11 Å². The third kappa shape index (κ3) is 4.89. The summed E-state index contributed by atoms with van der Waals surface area (Å²) in [4.78, 5) is 11.1. The highest BCUT2D eigenvalue weighted by atomic mass is 16.5. The summed E-state index contributed by atoms with van der Waals surface area (Å²) in [6.45, 7) is 3.47. The Bertz CT molecular complexity index is 402. The molecule has 1 aromatic carbocycles. The van der Waals surface area contributed by atoms with Crippen molar-refractivity contribution in [3.63, 3.8) is 0 Å². The van der Waals surface area contributed by atoms with E-state index in [0.29, 0.717) is 0 Å². The topological polar surface area (TPSA) is 78.8 Å². The Kier molecular flexibility index (Phi) is 5.79. The molecule has 0 radical (unpaired) electrons. The minimum atomic E-state index is -0.957. The monoisotopic (exact) mass is 267 g/mol. The molecule has 0 fully saturated rings. The van der Waals surface area contributed by atoms with Gasteiger partial charge in [-0.1, -0.05) is 12.1 Å². The largest absolute Gasteiger partial charge is 0.497 e. The van der Waals surface area contributed by atoms with E-state index in [4.69, 9.17) is 9.84 Å². The van der Waals surface area contributed by atoms with Gasteiger partial charge in [0.2, 0.25) is 0 Å². The maximum absolute atomic E-state index is 11.1. The average Bonchev–Trinajstić information content (AvgIpc) is 2.37. The molecule has 19 heavy (non-hydrogen) atoms. The first-order chi connectivity index (χ1) is 8.93. The molecule has 0 saturated heterocycles. The molecule has 0 aromatic heterocycles. The van der Waals surface area contributed by atoms with Crippen molar-refractivity contribution in [3.8, 4) is 5.75 Å². The zero-order chi connectivity index (χ0) is 14.4. The highest BCUT2D eigenvalue weighted by Crippen LogP contribution is 2.18. The molecule has 0 aliphatic rings. The van der Waals surface area contributed by atoms with Crippen molar-refractivity contribution in [3.05, 3.63) is 29.8 Å². The molecule has 106 valence electrons. The molecule has 3 atom stereocenters. The van der Waals surface area contributed by atoms with Crippen LogP contribution in [0.4, 0.5) is 0 Å². The van der Waals surface area contributed by atoms with Crippen LogP contribution in [0.3, 0.4) is 0 Å². The molecular formula is C14H21NO4. The summed E-state index contributed by atoms with van der Waals surface area (Å²) in [5.41, 5.74) is 0.970. The maximum atomic E-state index is 11.1. The van der Waals surface area contributed by atoms with Crippen LogP contribution >= 0.6 is 0 Å². The van der Waals surface area contributed by atoms with E-state index in [-0.39, 0.29) is 12.5 Å². The Balaban J connectivity index is 2.69. The Hall–Kier alpha value is -1.59. The highest BCUT2D eigenvalue weighted by Gasteiger charge is 2.21. The predicted octanol–water partition coefficient (Wildman–Crippen LogP) is 1.57. The van der Waals surface area contributed by atoms with Crippen LogP contribution in [0.2, 0.25) is 0 Å². The number of rotatable bonds is 7. The first-order valence-corrected chi connectivity index (χ1v) is 6.25. The number of carboxylic acids is 1. The summed E-state index contributed by atoms with van der Waals surface area (Å²) in [6, 6.07) is 6.55. The van der Waals surface area contributed by atoms with Gasteiger partial charge < -0.3 is 14.9 Å². The number of carbonyl (C=O) groups is 1. The van der Waals surface area contributed by atoms with Gasteiger partial charge in [-0.2, -0.15) is 0 Å². The number of aliphatic hydroxyl groups excluding tert-OH is 1. The minimum Gasteiger partial charge on any atom is -0.497 e. The van der Waals surface area contributed by atoms with Gasteiger partial charge in [0.05, 0.1) is 13.2 Å². The van der Waals surface area contributed by atoms with Gasteiger partial charge in [0.1, 0.15) is 11.8 Å². The van der Waals surface area contributed by atoms with Gasteiger partial charge >= 0.3 is 5.97 Å². The summed E-state index contributed by atoms with van der Waals surface area (Å²) in [5.74, 6) is -0.198. The van der Waals surface area contributed by atoms with Crippen LogP contribution in [-0.2, 0) is 4.79 Å². The van der Waals surface area contributed by atoms with Crippen LogP contribution in [0.1, 0.15) is 31.9 Å². The molecule has 1 aromatic rings. The number of aliphatic carboxylic acids is 1. The summed E-state index contributed by atoms with van der Waals surface area (Å²) in [5, 5.41) is 21.4. The van der Waals surface area contributed by atoms with E-state index in [9.17, 15) is 9.90 Å². The predicted molar refractivity (Wildman–Crippen MR) is 72.3 cm³/mol. The second kappa shape index (κ2) is 7.11. The van der Waals surface area contributed by atoms with Gasteiger partial charge in [0, 0.05) is 6.04 Å². The summed E-state index contributed by atoms with van der Waals surface area (Å²) in [7, 11) is 1.60. The third-order valence-electron chi connectivity index (χ3n) is 2.94. The van der Waals surface area contributed by atoms with Crippen LogP contribution in [0.25, 0.3) is 0 Å². The summed E-state index contributed by atoms with van der Waals surface area (Å²) < 4.78 is 5.07. The van der Waals surface area contributed by atoms with E-state index in [1.165, 1.54) is 0 Å². The Morgan fingerprint density at radius 3 is 2.32 bits per heavy atom. The number of hydrogen-bond donors (Lipinski definition) is 3. The number of ether oxygens (including phenoxy) is 1. The molecule has 0 bridgehead atoms. The fraction of sp³-hybridized carbons (Fsp3) is 0.500. The first-order valence-electron chi connectivity index (χ1n) is 6.25. The minimum absolute atomic E-state index is 0.120. The van der Waals surface area contributed by atoms with Crippen LogP contribution in [0.5, 0.6) is 5.75 Å². The molecule has 5 nitrogen and oxygen atoms in total. The number of aliphatic hydroxyl groups is 1. The molecule has 0 amide bonds. The number of hydrogen-bond acceptors (Lipinski definition) is 4. The van der Waals surface area contributed by atoms with Gasteiger partial charge in [-0.05, 0) is 38.0 Å². The van der Waals surface area contributed by atoms with Crippen molar-refractivity contribution in [1.82, 2.24) is 5.32 Å². The highest BCUT2D eigenvalue weighted by molar-refractivity contribution is 5.73. The van der Waals surface area contributed by atoms with E-state index in [1.54, 1.807) is 14.0 Å². The normalized spacial score (nSPS) is 15.6. The third-order valence-corrected chi connectivity index (χ3v) is 2.94. The Morgan fingerprint density at radius 2 is 1.89 bits per heavy atom. The lowest BCUT2D eigenvalue weighted by atomic mass is 10.0. The van der Waals surface area contributed by atoms with Crippen LogP contribution in [-0.4, -0.2) is 35.4 Å². The lowest BCUT2D eigenvalue weighted by Gasteiger charge is -2.21. The molecule has 3 N–H and O–H groups in total. The number of nitrogens with one attached hydrogen (secondary N) is 1. The van der Waals surface area contributed by atoms with Gasteiger partial charge in [0.15, 0.2) is 0 Å². The van der Waals surface area contributed by atoms with Crippen LogP contribution in [0, 0.1) is 0 Å². The molecule has 5 heteroatoms. The van der Waals surface area contributed by atoms with E-state index in [2.05, 4.69) is 5.32 Å². The van der Waals surface area contributed by atoms with Crippen molar-refractivity contribution in [2.45, 2.75) is 38.5 Å². The number of methoxy groups -OCH3 is 1. The molecule has 0 aliphatic heterocycles. The molecule has 0 heterocycles. The molecule has 1 rings (SSSR count). The van der Waals surface area contributed by atoms with Crippen molar-refractivity contribution in [1.29, 1.82) is 0 Å². The fourth-order valence-electron chi connectivity index (χ4n) is 1.87. The zero-order valence-corrected chi connectivity index (χ0v) is 11.5. The van der Waals surface area contributed by atoms with E-state index in [0.717, 1.165) is 11.3 Å². The van der Waals surface area contributed by atoms with Crippen molar-refractivity contribution >= 4 is 5.97 Å². The van der Waals surface area contributed by atoms with Gasteiger partial charge in [-0.3, -0.25) is 10.1 Å². The molecular weight excluding hydrogens is 246 g/mol. The second-order valence-electron chi connectivity index (χ2n) is 4.64. The molecule has 3 unspecified atom stereocenters. The fourth-order valence-corrected chi connectivity index (χ4v) is 1.87. The summed E-state index contributed by atoms with van der Waals surface area (Å²) in [6.07, 6.45) is -0.479. The van der Waals surface area contributed by atoms with Crippen LogP contribution < -0.4 is 10.1 Å². The molecule has 0 saturated carbocycles.